The van der Waals surface area contributed by atoms with Crippen molar-refractivity contribution in [3.05, 3.63) is 29.1 Å². The Morgan fingerprint density at radius 1 is 1.50 bits per heavy atom. The van der Waals surface area contributed by atoms with Crippen LogP contribution in [0.2, 0.25) is 0 Å². The number of fused-ring (bicyclic) bond motifs is 1. The van der Waals surface area contributed by atoms with Gasteiger partial charge >= 0.3 is 0 Å². The Balaban J connectivity index is 2.93. The van der Waals surface area contributed by atoms with E-state index in [1.165, 1.54) is 0 Å². The highest BCUT2D eigenvalue weighted by molar-refractivity contribution is 9.10. The molecule has 0 saturated heterocycles. The van der Waals surface area contributed by atoms with Gasteiger partial charge < -0.3 is 4.42 Å². The van der Waals surface area contributed by atoms with Crippen LogP contribution in [0.1, 0.15) is 0 Å². The van der Waals surface area contributed by atoms with Gasteiger partial charge in [0.2, 0.25) is 5.71 Å². The lowest BCUT2D eigenvalue weighted by Crippen LogP contribution is -1.68. The lowest BCUT2D eigenvalue weighted by Gasteiger charge is -1.82. The molecule has 2 rings (SSSR count). The molecule has 0 spiro atoms. The van der Waals surface area contributed by atoms with Crippen LogP contribution in [0.25, 0.3) is 11.1 Å². The highest BCUT2D eigenvalue weighted by Gasteiger charge is 2.00. The van der Waals surface area contributed by atoms with E-state index in [0.717, 1.165) is 9.86 Å². The van der Waals surface area contributed by atoms with Crippen molar-refractivity contribution >= 4 is 27.0 Å². The summed E-state index contributed by atoms with van der Waals surface area (Å²) < 4.78 is 6.04. The standard InChI is InChI=1S/C7H4BrNO/c8-6-4-10-7-5(6)2-1-3-9-7/h1-4H. The first-order valence-corrected chi connectivity index (χ1v) is 3.65. The molecule has 0 saturated carbocycles. The third kappa shape index (κ3) is 0.743. The molecule has 0 aliphatic rings. The van der Waals surface area contributed by atoms with Crippen molar-refractivity contribution in [3.63, 3.8) is 0 Å². The second kappa shape index (κ2) is 2.09. The van der Waals surface area contributed by atoms with Crippen molar-refractivity contribution in [2.24, 2.45) is 0 Å². The van der Waals surface area contributed by atoms with Crippen molar-refractivity contribution in [2.75, 3.05) is 0 Å². The molecule has 10 heavy (non-hydrogen) atoms. The molecule has 0 amide bonds. The van der Waals surface area contributed by atoms with E-state index < -0.39 is 0 Å². The average Bonchev–Trinajstić information content (AvgIpc) is 2.34. The Kier molecular flexibility index (Phi) is 1.24. The summed E-state index contributed by atoms with van der Waals surface area (Å²) >= 11 is 3.33. The SMILES string of the molecule is Brc1coc2ncccc12. The zero-order valence-electron chi connectivity index (χ0n) is 5.04. The zero-order valence-corrected chi connectivity index (χ0v) is 6.63. The monoisotopic (exact) mass is 197 g/mol. The number of pyridine rings is 1. The van der Waals surface area contributed by atoms with Gasteiger partial charge in [-0.2, -0.15) is 0 Å². The molecule has 2 aromatic heterocycles. The molecule has 50 valence electrons. The minimum atomic E-state index is 0.675. The quantitative estimate of drug-likeness (QED) is 0.650. The fraction of sp³-hybridized carbons (Fsp3) is 0. The molecule has 0 N–H and O–H groups in total. The van der Waals surface area contributed by atoms with E-state index >= 15 is 0 Å². The van der Waals surface area contributed by atoms with Crippen molar-refractivity contribution < 1.29 is 4.42 Å². The molecule has 0 aromatic carbocycles. The number of hydrogen-bond acceptors (Lipinski definition) is 2. The summed E-state index contributed by atoms with van der Waals surface area (Å²) in [4.78, 5) is 4.01. The summed E-state index contributed by atoms with van der Waals surface area (Å²) in [5.74, 6) is 0. The zero-order chi connectivity index (χ0) is 6.97. The van der Waals surface area contributed by atoms with Gasteiger partial charge in [-0.05, 0) is 28.1 Å². The van der Waals surface area contributed by atoms with Crippen LogP contribution >= 0.6 is 15.9 Å². The summed E-state index contributed by atoms with van der Waals surface area (Å²) in [5, 5.41) is 1.02. The predicted molar refractivity (Wildman–Crippen MR) is 41.7 cm³/mol. The maximum Gasteiger partial charge on any atom is 0.226 e. The Morgan fingerprint density at radius 2 is 2.40 bits per heavy atom. The number of nitrogens with zero attached hydrogens (tertiary/aromatic N) is 1. The molecular weight excluding hydrogens is 194 g/mol. The smallest absolute Gasteiger partial charge is 0.226 e. The van der Waals surface area contributed by atoms with Gasteiger partial charge in [-0.25, -0.2) is 4.98 Å². The maximum atomic E-state index is 5.09. The first-order valence-electron chi connectivity index (χ1n) is 2.85. The topological polar surface area (TPSA) is 26.0 Å². The molecule has 0 aliphatic carbocycles. The summed E-state index contributed by atoms with van der Waals surface area (Å²) in [5.41, 5.74) is 0.675. The van der Waals surface area contributed by atoms with E-state index in [1.807, 2.05) is 12.1 Å². The minimum Gasteiger partial charge on any atom is -0.445 e. The molecule has 0 aliphatic heterocycles. The summed E-state index contributed by atoms with van der Waals surface area (Å²) in [6.07, 6.45) is 3.34. The lowest BCUT2D eigenvalue weighted by atomic mass is 10.3. The average molecular weight is 198 g/mol. The lowest BCUT2D eigenvalue weighted by molar-refractivity contribution is 0.601. The first kappa shape index (κ1) is 5.92. The van der Waals surface area contributed by atoms with Crippen molar-refractivity contribution in [1.29, 1.82) is 0 Å². The number of aromatic nitrogens is 1. The van der Waals surface area contributed by atoms with E-state index in [9.17, 15) is 0 Å². The van der Waals surface area contributed by atoms with Crippen LogP contribution in [0, 0.1) is 0 Å². The van der Waals surface area contributed by atoms with E-state index in [-0.39, 0.29) is 0 Å². The molecule has 0 atom stereocenters. The highest BCUT2D eigenvalue weighted by Crippen LogP contribution is 2.23. The number of furan rings is 1. The Labute approximate surface area is 66.0 Å². The molecule has 2 nitrogen and oxygen atoms in total. The molecule has 0 radical (unpaired) electrons. The Hall–Kier alpha value is -0.830. The summed E-state index contributed by atoms with van der Waals surface area (Å²) in [6, 6.07) is 3.83. The van der Waals surface area contributed by atoms with Gasteiger partial charge in [0, 0.05) is 6.20 Å². The van der Waals surface area contributed by atoms with Crippen molar-refractivity contribution in [2.45, 2.75) is 0 Å². The van der Waals surface area contributed by atoms with Crippen molar-refractivity contribution in [3.8, 4) is 0 Å². The van der Waals surface area contributed by atoms with Gasteiger partial charge in [0.1, 0.15) is 6.26 Å². The van der Waals surface area contributed by atoms with Crippen LogP contribution in [0.5, 0.6) is 0 Å². The predicted octanol–water partition coefficient (Wildman–Crippen LogP) is 2.59. The minimum absolute atomic E-state index is 0.675. The van der Waals surface area contributed by atoms with Crippen LogP contribution in [0.15, 0.2) is 33.5 Å². The van der Waals surface area contributed by atoms with Gasteiger partial charge in [0.15, 0.2) is 0 Å². The summed E-state index contributed by atoms with van der Waals surface area (Å²) in [6.45, 7) is 0. The fourth-order valence-electron chi connectivity index (χ4n) is 0.838. The molecule has 0 bridgehead atoms. The van der Waals surface area contributed by atoms with E-state index in [2.05, 4.69) is 20.9 Å². The molecule has 2 aromatic rings. The third-order valence-corrected chi connectivity index (χ3v) is 1.92. The van der Waals surface area contributed by atoms with Gasteiger partial charge in [-0.15, -0.1) is 0 Å². The first-order chi connectivity index (χ1) is 4.88. The molecular formula is C7H4BrNO. The third-order valence-electron chi connectivity index (χ3n) is 1.30. The number of hydrogen-bond donors (Lipinski definition) is 0. The van der Waals surface area contributed by atoms with E-state index in [0.29, 0.717) is 5.71 Å². The Bertz CT molecular complexity index is 355. The highest BCUT2D eigenvalue weighted by atomic mass is 79.9. The molecule has 0 fully saturated rings. The van der Waals surface area contributed by atoms with Crippen LogP contribution in [0.4, 0.5) is 0 Å². The number of rotatable bonds is 0. The molecule has 3 heteroatoms. The normalized spacial score (nSPS) is 10.5. The Morgan fingerprint density at radius 3 is 3.20 bits per heavy atom. The van der Waals surface area contributed by atoms with Gasteiger partial charge in [0.25, 0.3) is 0 Å². The van der Waals surface area contributed by atoms with Gasteiger partial charge in [-0.1, -0.05) is 0 Å². The largest absolute Gasteiger partial charge is 0.445 e. The van der Waals surface area contributed by atoms with Crippen LogP contribution in [-0.2, 0) is 0 Å². The molecule has 0 unspecified atom stereocenters. The maximum absolute atomic E-state index is 5.09. The number of halogens is 1. The fourth-order valence-corrected chi connectivity index (χ4v) is 1.23. The molecule has 2 heterocycles. The second-order valence-corrected chi connectivity index (χ2v) is 2.79. The summed E-state index contributed by atoms with van der Waals surface area (Å²) in [7, 11) is 0. The van der Waals surface area contributed by atoms with E-state index in [1.54, 1.807) is 12.5 Å². The van der Waals surface area contributed by atoms with Crippen LogP contribution in [-0.4, -0.2) is 4.98 Å². The second-order valence-electron chi connectivity index (χ2n) is 1.94. The van der Waals surface area contributed by atoms with Crippen LogP contribution < -0.4 is 0 Å². The van der Waals surface area contributed by atoms with E-state index in [4.69, 9.17) is 4.42 Å². The van der Waals surface area contributed by atoms with Crippen LogP contribution in [0.3, 0.4) is 0 Å². The van der Waals surface area contributed by atoms with Gasteiger partial charge in [0.05, 0.1) is 9.86 Å². The van der Waals surface area contributed by atoms with Crippen molar-refractivity contribution in [1.82, 2.24) is 4.98 Å². The van der Waals surface area contributed by atoms with Gasteiger partial charge in [-0.3, -0.25) is 0 Å².